The Morgan fingerprint density at radius 1 is 1.12 bits per heavy atom. The van der Waals surface area contributed by atoms with Gasteiger partial charge in [0, 0.05) is 55.2 Å². The van der Waals surface area contributed by atoms with Gasteiger partial charge in [0.15, 0.2) is 0 Å². The Morgan fingerprint density at radius 2 is 1.93 bits per heavy atom. The molecule has 0 bridgehead atoms. The number of hydrogen-bond donors (Lipinski definition) is 1. The maximum Gasteiger partial charge on any atom is 0.321 e. The van der Waals surface area contributed by atoms with Gasteiger partial charge < -0.3 is 19.3 Å². The monoisotopic (exact) mass is 546 g/mol. The molecule has 40 heavy (non-hydrogen) atoms. The summed E-state index contributed by atoms with van der Waals surface area (Å²) in [4.78, 5) is 21.5. The summed E-state index contributed by atoms with van der Waals surface area (Å²) in [5, 5.41) is 14.2. The van der Waals surface area contributed by atoms with Crippen molar-refractivity contribution in [2.75, 3.05) is 25.1 Å². The average Bonchev–Trinajstić information content (AvgIpc) is 3.42. The van der Waals surface area contributed by atoms with E-state index in [0.717, 1.165) is 48.2 Å². The van der Waals surface area contributed by atoms with Gasteiger partial charge in [0.25, 0.3) is 5.89 Å². The van der Waals surface area contributed by atoms with Crippen LogP contribution in [0.15, 0.2) is 40.9 Å². The molecule has 1 saturated heterocycles. The Labute approximate surface area is 237 Å². The highest BCUT2D eigenvalue weighted by Gasteiger charge is 2.38. The van der Waals surface area contributed by atoms with Crippen LogP contribution in [0.1, 0.15) is 70.1 Å². The van der Waals surface area contributed by atoms with Crippen LogP contribution in [0.4, 0.5) is 5.69 Å². The molecular weight excluding hydrogens is 504 g/mol. The van der Waals surface area contributed by atoms with Gasteiger partial charge in [0.05, 0.1) is 6.61 Å². The number of carboxylic acids is 1. The van der Waals surface area contributed by atoms with E-state index in [4.69, 9.17) is 14.2 Å². The first-order valence-corrected chi connectivity index (χ1v) is 14.5. The van der Waals surface area contributed by atoms with Gasteiger partial charge in [0.2, 0.25) is 5.82 Å². The Morgan fingerprint density at radius 3 is 2.65 bits per heavy atom. The van der Waals surface area contributed by atoms with Crippen molar-refractivity contribution in [2.24, 2.45) is 5.41 Å². The molecule has 0 radical (unpaired) electrons. The fourth-order valence-corrected chi connectivity index (χ4v) is 6.48. The lowest BCUT2D eigenvalue weighted by Gasteiger charge is -2.39. The number of carboxylic acid groups (broad SMARTS) is 1. The predicted molar refractivity (Wildman–Crippen MR) is 156 cm³/mol. The minimum absolute atomic E-state index is 0.369. The first-order valence-electron chi connectivity index (χ1n) is 14.5. The smallest absolute Gasteiger partial charge is 0.321 e. The number of rotatable bonds is 8. The normalized spacial score (nSPS) is 18.9. The number of piperidine rings is 1. The second-order valence-corrected chi connectivity index (χ2v) is 12.3. The van der Waals surface area contributed by atoms with E-state index in [0.29, 0.717) is 30.9 Å². The zero-order valence-electron chi connectivity index (χ0n) is 24.4. The van der Waals surface area contributed by atoms with E-state index in [2.05, 4.69) is 52.2 Å². The van der Waals surface area contributed by atoms with Crippen molar-refractivity contribution in [3.05, 3.63) is 53.1 Å². The molecule has 214 valence electrons. The Bertz CT molecular complexity index is 1340. The molecule has 3 aromatic rings. The summed E-state index contributed by atoms with van der Waals surface area (Å²) >= 11 is 0. The number of aromatic nitrogens is 2. The van der Waals surface area contributed by atoms with Crippen molar-refractivity contribution in [3.8, 4) is 22.8 Å². The zero-order chi connectivity index (χ0) is 28.4. The number of methoxy groups -OCH3 is 1. The van der Waals surface area contributed by atoms with Gasteiger partial charge in [-0.25, -0.2) is 0 Å². The van der Waals surface area contributed by atoms with Gasteiger partial charge in [-0.15, -0.1) is 0 Å². The first kappa shape index (κ1) is 28.3. The van der Waals surface area contributed by atoms with Crippen molar-refractivity contribution >= 4 is 11.7 Å². The molecular formula is C32H42N4O4. The third kappa shape index (κ3) is 5.79. The molecule has 2 unspecified atom stereocenters. The summed E-state index contributed by atoms with van der Waals surface area (Å²) in [5.74, 6) is 0.224. The van der Waals surface area contributed by atoms with Crippen LogP contribution >= 0.6 is 0 Å². The van der Waals surface area contributed by atoms with E-state index in [1.165, 1.54) is 30.5 Å². The number of anilines is 1. The average molecular weight is 547 g/mol. The third-order valence-corrected chi connectivity index (χ3v) is 8.39. The fraction of sp³-hybridized carbons (Fsp3) is 0.531. The topological polar surface area (TPSA) is 91.9 Å². The van der Waals surface area contributed by atoms with E-state index in [9.17, 15) is 9.90 Å². The molecule has 0 saturated carbocycles. The van der Waals surface area contributed by atoms with Crippen molar-refractivity contribution in [2.45, 2.75) is 85.0 Å². The summed E-state index contributed by atoms with van der Waals surface area (Å²) in [6, 6.07) is 12.6. The van der Waals surface area contributed by atoms with Crippen LogP contribution in [0.25, 0.3) is 22.8 Å². The SMILES string of the molecule is CCC1CCCCN1c1ccc(-c2nc(-c3ccc4c(c3)CN(C(C(=O)O)C(C)(C)C)CC4)no2)cc1COC. The summed E-state index contributed by atoms with van der Waals surface area (Å²) in [6.07, 6.45) is 5.67. The molecule has 1 aromatic heterocycles. The van der Waals surface area contributed by atoms with Crippen molar-refractivity contribution < 1.29 is 19.2 Å². The van der Waals surface area contributed by atoms with Crippen molar-refractivity contribution in [3.63, 3.8) is 0 Å². The van der Waals surface area contributed by atoms with Crippen LogP contribution in [-0.4, -0.2) is 58.4 Å². The molecule has 0 amide bonds. The quantitative estimate of drug-likeness (QED) is 0.358. The minimum atomic E-state index is -0.778. The van der Waals surface area contributed by atoms with E-state index >= 15 is 0 Å². The number of hydrogen-bond acceptors (Lipinski definition) is 7. The molecule has 5 rings (SSSR count). The van der Waals surface area contributed by atoms with E-state index in [-0.39, 0.29) is 5.41 Å². The number of carbonyl (C=O) groups is 1. The van der Waals surface area contributed by atoms with Crippen LogP contribution < -0.4 is 4.90 Å². The molecule has 2 atom stereocenters. The van der Waals surface area contributed by atoms with Crippen LogP contribution in [-0.2, 0) is 29.1 Å². The molecule has 0 spiro atoms. The van der Waals surface area contributed by atoms with Crippen LogP contribution in [0.5, 0.6) is 0 Å². The molecule has 2 aliphatic rings. The lowest BCUT2D eigenvalue weighted by molar-refractivity contribution is -0.148. The van der Waals surface area contributed by atoms with E-state index in [1.807, 2.05) is 26.8 Å². The molecule has 2 aliphatic heterocycles. The Hall–Kier alpha value is -3.23. The maximum atomic E-state index is 12.1. The van der Waals surface area contributed by atoms with E-state index < -0.39 is 12.0 Å². The van der Waals surface area contributed by atoms with Crippen molar-refractivity contribution in [1.82, 2.24) is 15.0 Å². The third-order valence-electron chi connectivity index (χ3n) is 8.39. The molecule has 0 aliphatic carbocycles. The van der Waals surface area contributed by atoms with Crippen molar-refractivity contribution in [1.29, 1.82) is 0 Å². The summed E-state index contributed by atoms with van der Waals surface area (Å²) in [5.41, 5.74) is 6.08. The second kappa shape index (κ2) is 11.7. The molecule has 3 heterocycles. The Balaban J connectivity index is 1.40. The number of nitrogens with zero attached hydrogens (tertiary/aromatic N) is 4. The highest BCUT2D eigenvalue weighted by Crippen LogP contribution is 2.34. The number of fused-ring (bicyclic) bond motifs is 1. The maximum absolute atomic E-state index is 12.1. The van der Waals surface area contributed by atoms with Crippen LogP contribution in [0, 0.1) is 5.41 Å². The first-order chi connectivity index (χ1) is 19.2. The number of ether oxygens (including phenoxy) is 1. The summed E-state index contributed by atoms with van der Waals surface area (Å²) in [7, 11) is 1.73. The Kier molecular flexibility index (Phi) is 8.29. The molecule has 8 nitrogen and oxygen atoms in total. The zero-order valence-corrected chi connectivity index (χ0v) is 24.4. The largest absolute Gasteiger partial charge is 0.480 e. The van der Waals surface area contributed by atoms with E-state index in [1.54, 1.807) is 7.11 Å². The van der Waals surface area contributed by atoms with Gasteiger partial charge >= 0.3 is 5.97 Å². The fourth-order valence-electron chi connectivity index (χ4n) is 6.48. The highest BCUT2D eigenvalue weighted by molar-refractivity contribution is 5.74. The van der Waals surface area contributed by atoms with Gasteiger partial charge in [-0.3, -0.25) is 9.69 Å². The van der Waals surface area contributed by atoms with Crippen LogP contribution in [0.2, 0.25) is 0 Å². The summed E-state index contributed by atoms with van der Waals surface area (Å²) < 4.78 is 11.3. The molecule has 1 N–H and O–H groups in total. The predicted octanol–water partition coefficient (Wildman–Crippen LogP) is 6.18. The molecule has 8 heteroatoms. The number of aliphatic carboxylic acids is 1. The van der Waals surface area contributed by atoms with Crippen LogP contribution in [0.3, 0.4) is 0 Å². The molecule has 1 fully saturated rings. The van der Waals surface area contributed by atoms with Gasteiger partial charge in [-0.1, -0.05) is 45.0 Å². The second-order valence-electron chi connectivity index (χ2n) is 12.3. The highest BCUT2D eigenvalue weighted by atomic mass is 16.5. The van der Waals surface area contributed by atoms with Gasteiger partial charge in [-0.2, -0.15) is 4.98 Å². The molecule has 2 aromatic carbocycles. The van der Waals surface area contributed by atoms with Gasteiger partial charge in [0.1, 0.15) is 6.04 Å². The minimum Gasteiger partial charge on any atom is -0.480 e. The number of benzene rings is 2. The standard InChI is InChI=1S/C32H42N4O4/c1-6-26-9-7-8-15-36(26)27-13-12-23(18-25(27)20-39-5)30-33-29(34-40-30)22-11-10-21-14-16-35(19-24(21)17-22)28(31(37)38)32(2,3)4/h10-13,17-18,26,28H,6-9,14-16,19-20H2,1-5H3,(H,37,38). The van der Waals surface area contributed by atoms with Gasteiger partial charge in [-0.05, 0) is 72.9 Å². The lowest BCUT2D eigenvalue weighted by Crippen LogP contribution is -2.51. The summed E-state index contributed by atoms with van der Waals surface area (Å²) in [6.45, 7) is 11.1. The lowest BCUT2D eigenvalue weighted by atomic mass is 9.84.